The van der Waals surface area contributed by atoms with Crippen molar-refractivity contribution in [2.45, 2.75) is 13.8 Å². The molecule has 4 aromatic rings. The molecular weight excluding hydrogens is 320 g/mol. The average Bonchev–Trinajstić information content (AvgIpc) is 3.23. The van der Waals surface area contributed by atoms with Gasteiger partial charge in [-0.15, -0.1) is 10.2 Å². The van der Waals surface area contributed by atoms with Gasteiger partial charge in [0.2, 0.25) is 5.82 Å². The van der Waals surface area contributed by atoms with E-state index >= 15 is 0 Å². The summed E-state index contributed by atoms with van der Waals surface area (Å²) in [6.45, 7) is 3.98. The van der Waals surface area contributed by atoms with Crippen molar-refractivity contribution in [3.05, 3.63) is 47.0 Å². The first-order valence-electron chi connectivity index (χ1n) is 7.61. The van der Waals surface area contributed by atoms with E-state index in [2.05, 4.69) is 30.6 Å². The molecule has 3 N–H and O–H groups in total. The van der Waals surface area contributed by atoms with Gasteiger partial charge in [0.15, 0.2) is 0 Å². The molecule has 2 aromatic carbocycles. The van der Waals surface area contributed by atoms with Crippen LogP contribution >= 0.6 is 0 Å². The Morgan fingerprint density at radius 3 is 2.52 bits per heavy atom. The third-order valence-corrected chi connectivity index (χ3v) is 4.10. The summed E-state index contributed by atoms with van der Waals surface area (Å²) in [5.74, 6) is 0.274. The fourth-order valence-corrected chi connectivity index (χ4v) is 3.01. The molecule has 0 aliphatic rings. The topological polar surface area (TPSA) is 120 Å². The first-order chi connectivity index (χ1) is 12.0. The number of benzene rings is 2. The number of H-pyrrole nitrogens is 2. The second-order valence-electron chi connectivity index (χ2n) is 5.84. The molecule has 0 fully saturated rings. The number of aromatic carboxylic acids is 1. The molecule has 2 heterocycles. The maximum atomic E-state index is 11.1. The lowest BCUT2D eigenvalue weighted by molar-refractivity contribution is 0.0697. The predicted octanol–water partition coefficient (Wildman–Crippen LogP) is 2.73. The molecule has 0 amide bonds. The molecule has 0 aliphatic heterocycles. The van der Waals surface area contributed by atoms with Crippen LogP contribution in [0.4, 0.5) is 0 Å². The fourth-order valence-electron chi connectivity index (χ4n) is 3.01. The molecule has 0 unspecified atom stereocenters. The molecule has 124 valence electrons. The molecular formula is C17H14N6O2. The van der Waals surface area contributed by atoms with Gasteiger partial charge in [-0.1, -0.05) is 0 Å². The lowest BCUT2D eigenvalue weighted by atomic mass is 9.98. The molecule has 0 saturated heterocycles. The quantitative estimate of drug-likeness (QED) is 0.530. The first kappa shape index (κ1) is 15.0. The van der Waals surface area contributed by atoms with Crippen molar-refractivity contribution < 1.29 is 9.90 Å². The fraction of sp³-hybridized carbons (Fsp3) is 0.118. The summed E-state index contributed by atoms with van der Waals surface area (Å²) in [4.78, 5) is 18.9. The second-order valence-corrected chi connectivity index (χ2v) is 5.84. The number of fused-ring (bicyclic) bond motifs is 1. The number of hydrogen-bond donors (Lipinski definition) is 3. The molecule has 8 heteroatoms. The Bertz CT molecular complexity index is 1070. The maximum absolute atomic E-state index is 11.1. The van der Waals surface area contributed by atoms with Crippen LogP contribution in [0, 0.1) is 13.8 Å². The number of imidazole rings is 1. The SMILES string of the molecule is Cc1cc(-c2nn[nH]n2)cc(C)c1-c1nc2ccc(C(=O)O)cc2[nH]1. The number of nitrogens with zero attached hydrogens (tertiary/aromatic N) is 4. The Morgan fingerprint density at radius 1 is 1.12 bits per heavy atom. The molecule has 0 saturated carbocycles. The number of rotatable bonds is 3. The lowest BCUT2D eigenvalue weighted by Crippen LogP contribution is -1.94. The van der Waals surface area contributed by atoms with Gasteiger partial charge in [0, 0.05) is 11.1 Å². The van der Waals surface area contributed by atoms with Crippen molar-refractivity contribution >= 4 is 17.0 Å². The maximum Gasteiger partial charge on any atom is 0.335 e. The summed E-state index contributed by atoms with van der Waals surface area (Å²) in [7, 11) is 0. The molecule has 0 radical (unpaired) electrons. The molecule has 0 spiro atoms. The predicted molar refractivity (Wildman–Crippen MR) is 91.1 cm³/mol. The second kappa shape index (κ2) is 5.52. The van der Waals surface area contributed by atoms with Gasteiger partial charge in [0.1, 0.15) is 5.82 Å². The van der Waals surface area contributed by atoms with E-state index in [1.165, 1.54) is 0 Å². The van der Waals surface area contributed by atoms with E-state index in [0.717, 1.165) is 27.8 Å². The largest absolute Gasteiger partial charge is 0.478 e. The van der Waals surface area contributed by atoms with Crippen LogP contribution in [-0.4, -0.2) is 41.7 Å². The van der Waals surface area contributed by atoms with Crippen LogP contribution in [0.15, 0.2) is 30.3 Å². The van der Waals surface area contributed by atoms with Crippen LogP contribution in [0.2, 0.25) is 0 Å². The van der Waals surface area contributed by atoms with Gasteiger partial charge in [0.25, 0.3) is 0 Å². The molecule has 0 atom stereocenters. The van der Waals surface area contributed by atoms with Crippen LogP contribution in [0.25, 0.3) is 33.8 Å². The first-order valence-corrected chi connectivity index (χ1v) is 7.61. The van der Waals surface area contributed by atoms with E-state index < -0.39 is 5.97 Å². The number of nitrogens with one attached hydrogen (secondary N) is 2. The van der Waals surface area contributed by atoms with E-state index in [1.807, 2.05) is 26.0 Å². The van der Waals surface area contributed by atoms with Gasteiger partial charge < -0.3 is 10.1 Å². The third kappa shape index (κ3) is 2.53. The summed E-state index contributed by atoms with van der Waals surface area (Å²) in [5.41, 5.74) is 5.51. The molecule has 4 rings (SSSR count). The van der Waals surface area contributed by atoms with Crippen molar-refractivity contribution in [2.24, 2.45) is 0 Å². The monoisotopic (exact) mass is 334 g/mol. The highest BCUT2D eigenvalue weighted by Gasteiger charge is 2.15. The molecule has 2 aromatic heterocycles. The highest BCUT2D eigenvalue weighted by molar-refractivity contribution is 5.93. The minimum absolute atomic E-state index is 0.226. The third-order valence-electron chi connectivity index (χ3n) is 4.10. The average molecular weight is 334 g/mol. The minimum atomic E-state index is -0.963. The van der Waals surface area contributed by atoms with Crippen molar-refractivity contribution in [3.63, 3.8) is 0 Å². The number of aryl methyl sites for hydroxylation is 2. The Kier molecular flexibility index (Phi) is 3.31. The summed E-state index contributed by atoms with van der Waals surface area (Å²) in [6, 6.07) is 8.80. The van der Waals surface area contributed by atoms with E-state index in [0.29, 0.717) is 17.2 Å². The van der Waals surface area contributed by atoms with Crippen LogP contribution in [0.1, 0.15) is 21.5 Å². The Morgan fingerprint density at radius 2 is 1.88 bits per heavy atom. The summed E-state index contributed by atoms with van der Waals surface area (Å²) < 4.78 is 0. The van der Waals surface area contributed by atoms with Crippen LogP contribution in [0.3, 0.4) is 0 Å². The Labute approximate surface area is 141 Å². The zero-order valence-electron chi connectivity index (χ0n) is 13.5. The van der Waals surface area contributed by atoms with Crippen molar-refractivity contribution in [1.29, 1.82) is 0 Å². The smallest absolute Gasteiger partial charge is 0.335 e. The van der Waals surface area contributed by atoms with Gasteiger partial charge in [-0.2, -0.15) is 5.21 Å². The number of carboxylic acids is 1. The molecule has 25 heavy (non-hydrogen) atoms. The summed E-state index contributed by atoms with van der Waals surface area (Å²) in [6.07, 6.45) is 0. The Balaban J connectivity index is 1.84. The molecule has 8 nitrogen and oxygen atoms in total. The zero-order chi connectivity index (χ0) is 17.6. The number of tetrazole rings is 1. The van der Waals surface area contributed by atoms with Gasteiger partial charge in [-0.25, -0.2) is 9.78 Å². The van der Waals surface area contributed by atoms with Crippen molar-refractivity contribution in [1.82, 2.24) is 30.6 Å². The Hall–Kier alpha value is -3.55. The van der Waals surface area contributed by atoms with E-state index in [-0.39, 0.29) is 5.56 Å². The van der Waals surface area contributed by atoms with E-state index in [9.17, 15) is 4.79 Å². The minimum Gasteiger partial charge on any atom is -0.478 e. The van der Waals surface area contributed by atoms with Gasteiger partial charge in [0.05, 0.1) is 16.6 Å². The number of carbonyl (C=O) groups is 1. The van der Waals surface area contributed by atoms with Crippen LogP contribution in [-0.2, 0) is 0 Å². The standard InChI is InChI=1S/C17H14N6O2/c1-8-5-11(15-20-22-23-21-15)6-9(2)14(8)16-18-12-4-3-10(17(24)25)7-13(12)19-16/h3-7H,1-2H3,(H,18,19)(H,24,25)(H,20,21,22,23). The summed E-state index contributed by atoms with van der Waals surface area (Å²) in [5, 5.41) is 23.2. The highest BCUT2D eigenvalue weighted by Crippen LogP contribution is 2.30. The number of aromatic nitrogens is 6. The lowest BCUT2D eigenvalue weighted by Gasteiger charge is -2.09. The van der Waals surface area contributed by atoms with Crippen molar-refractivity contribution in [2.75, 3.05) is 0 Å². The normalized spacial score (nSPS) is 11.1. The molecule has 0 aliphatic carbocycles. The number of aromatic amines is 2. The van der Waals surface area contributed by atoms with Crippen LogP contribution < -0.4 is 0 Å². The van der Waals surface area contributed by atoms with Crippen LogP contribution in [0.5, 0.6) is 0 Å². The van der Waals surface area contributed by atoms with E-state index in [1.54, 1.807) is 18.2 Å². The highest BCUT2D eigenvalue weighted by atomic mass is 16.4. The van der Waals surface area contributed by atoms with E-state index in [4.69, 9.17) is 5.11 Å². The zero-order valence-corrected chi connectivity index (χ0v) is 13.5. The van der Waals surface area contributed by atoms with Crippen molar-refractivity contribution in [3.8, 4) is 22.8 Å². The van der Waals surface area contributed by atoms with Gasteiger partial charge in [-0.05, 0) is 60.5 Å². The summed E-state index contributed by atoms with van der Waals surface area (Å²) >= 11 is 0. The number of hydrogen-bond acceptors (Lipinski definition) is 5. The van der Waals surface area contributed by atoms with Gasteiger partial charge >= 0.3 is 5.97 Å². The molecule has 0 bridgehead atoms. The van der Waals surface area contributed by atoms with Gasteiger partial charge in [-0.3, -0.25) is 0 Å². The number of carboxylic acid groups (broad SMARTS) is 1.